The number of hydrogen-bond donors (Lipinski definition) is 2. The molecule has 1 aromatic rings. The molecule has 0 amide bonds. The molecule has 1 aromatic carbocycles. The van der Waals surface area contributed by atoms with Crippen molar-refractivity contribution in [2.24, 2.45) is 5.92 Å². The molecule has 1 saturated carbocycles. The Bertz CT molecular complexity index is 400. The van der Waals surface area contributed by atoms with Crippen molar-refractivity contribution in [1.29, 1.82) is 0 Å². The number of nitrogens with one attached hydrogen (secondary N) is 1. The highest BCUT2D eigenvalue weighted by atomic mass is 35.5. The Hall–Kier alpha value is -1.06. The fraction of sp³-hybridized carbons (Fsp3) is 0.462. The van der Waals surface area contributed by atoms with Crippen molar-refractivity contribution in [2.75, 3.05) is 0 Å². The lowest BCUT2D eigenvalue weighted by Crippen LogP contribution is -2.39. The number of rotatable bonds is 5. The third-order valence-corrected chi connectivity index (χ3v) is 3.41. The van der Waals surface area contributed by atoms with Crippen LogP contribution in [-0.2, 0) is 4.79 Å². The predicted octanol–water partition coefficient (Wildman–Crippen LogP) is 2.85. The summed E-state index contributed by atoms with van der Waals surface area (Å²) in [7, 11) is 0. The minimum atomic E-state index is -0.756. The van der Waals surface area contributed by atoms with Gasteiger partial charge in [0, 0.05) is 11.1 Å². The second-order valence-electron chi connectivity index (χ2n) is 4.59. The van der Waals surface area contributed by atoms with Gasteiger partial charge in [0.1, 0.15) is 6.04 Å². The van der Waals surface area contributed by atoms with Crippen LogP contribution >= 0.6 is 11.6 Å². The summed E-state index contributed by atoms with van der Waals surface area (Å²) in [5, 5.41) is 13.0. The van der Waals surface area contributed by atoms with Gasteiger partial charge in [-0.3, -0.25) is 10.1 Å². The van der Waals surface area contributed by atoms with E-state index >= 15 is 0 Å². The molecular formula is C13H16ClNO2. The molecule has 4 heteroatoms. The van der Waals surface area contributed by atoms with E-state index < -0.39 is 12.0 Å². The Morgan fingerprint density at radius 2 is 2.00 bits per heavy atom. The molecule has 2 rings (SSSR count). The number of aliphatic carboxylic acids is 1. The Balaban J connectivity index is 2.01. The number of carboxylic acid groups (broad SMARTS) is 1. The minimum absolute atomic E-state index is 0.0222. The van der Waals surface area contributed by atoms with Crippen LogP contribution in [0.4, 0.5) is 0 Å². The number of halogens is 1. The smallest absolute Gasteiger partial charge is 0.320 e. The molecule has 0 heterocycles. The van der Waals surface area contributed by atoms with Crippen molar-refractivity contribution < 1.29 is 9.90 Å². The zero-order valence-electron chi connectivity index (χ0n) is 9.69. The molecule has 1 aliphatic rings. The zero-order valence-corrected chi connectivity index (χ0v) is 10.4. The van der Waals surface area contributed by atoms with E-state index in [4.69, 9.17) is 16.7 Å². The van der Waals surface area contributed by atoms with Crippen molar-refractivity contribution in [3.63, 3.8) is 0 Å². The average molecular weight is 254 g/mol. The van der Waals surface area contributed by atoms with Crippen LogP contribution in [0.5, 0.6) is 0 Å². The van der Waals surface area contributed by atoms with Gasteiger partial charge in [0.2, 0.25) is 0 Å². The van der Waals surface area contributed by atoms with Crippen molar-refractivity contribution >= 4 is 17.6 Å². The summed E-state index contributed by atoms with van der Waals surface area (Å²) < 4.78 is 0. The minimum Gasteiger partial charge on any atom is -0.480 e. The van der Waals surface area contributed by atoms with Gasteiger partial charge in [-0.1, -0.05) is 23.7 Å². The molecule has 0 radical (unpaired) electrons. The van der Waals surface area contributed by atoms with Gasteiger partial charge in [-0.15, -0.1) is 0 Å². The van der Waals surface area contributed by atoms with E-state index in [1.54, 1.807) is 0 Å². The molecule has 2 atom stereocenters. The maximum Gasteiger partial charge on any atom is 0.320 e. The van der Waals surface area contributed by atoms with Crippen LogP contribution in [0.25, 0.3) is 0 Å². The molecule has 1 aliphatic carbocycles. The van der Waals surface area contributed by atoms with Crippen LogP contribution < -0.4 is 5.32 Å². The van der Waals surface area contributed by atoms with Crippen molar-refractivity contribution in [1.82, 2.24) is 5.32 Å². The highest BCUT2D eigenvalue weighted by Crippen LogP contribution is 2.34. The number of benzene rings is 1. The Labute approximate surface area is 106 Å². The largest absolute Gasteiger partial charge is 0.480 e. The summed E-state index contributed by atoms with van der Waals surface area (Å²) in [4.78, 5) is 11.1. The lowest BCUT2D eigenvalue weighted by molar-refractivity contribution is -0.140. The second-order valence-corrected chi connectivity index (χ2v) is 5.03. The average Bonchev–Trinajstić information content (AvgIpc) is 3.10. The van der Waals surface area contributed by atoms with Crippen LogP contribution in [-0.4, -0.2) is 17.1 Å². The Morgan fingerprint density at radius 1 is 1.41 bits per heavy atom. The monoisotopic (exact) mass is 253 g/mol. The normalized spacial score (nSPS) is 18.7. The fourth-order valence-corrected chi connectivity index (χ4v) is 2.08. The van der Waals surface area contributed by atoms with Gasteiger partial charge in [0.15, 0.2) is 0 Å². The first kappa shape index (κ1) is 12.4. The third-order valence-electron chi connectivity index (χ3n) is 3.16. The van der Waals surface area contributed by atoms with Gasteiger partial charge >= 0.3 is 5.97 Å². The first-order valence-electron chi connectivity index (χ1n) is 5.82. The molecule has 0 aromatic heterocycles. The van der Waals surface area contributed by atoms with E-state index in [1.807, 2.05) is 31.2 Å². The summed E-state index contributed by atoms with van der Waals surface area (Å²) >= 11 is 5.82. The van der Waals surface area contributed by atoms with Gasteiger partial charge in [-0.25, -0.2) is 0 Å². The third kappa shape index (κ3) is 3.20. The first-order valence-corrected chi connectivity index (χ1v) is 6.20. The van der Waals surface area contributed by atoms with Gasteiger partial charge in [-0.2, -0.15) is 0 Å². The molecule has 0 saturated heterocycles. The van der Waals surface area contributed by atoms with Gasteiger partial charge in [0.25, 0.3) is 0 Å². The molecule has 1 unspecified atom stereocenters. The lowest BCUT2D eigenvalue weighted by Gasteiger charge is -2.20. The highest BCUT2D eigenvalue weighted by molar-refractivity contribution is 6.30. The van der Waals surface area contributed by atoms with E-state index in [-0.39, 0.29) is 6.04 Å². The molecular weight excluding hydrogens is 238 g/mol. The summed E-state index contributed by atoms with van der Waals surface area (Å²) in [5.41, 5.74) is 1.06. The molecule has 17 heavy (non-hydrogen) atoms. The van der Waals surface area contributed by atoms with Crippen molar-refractivity contribution in [3.8, 4) is 0 Å². The zero-order chi connectivity index (χ0) is 12.4. The number of hydrogen-bond acceptors (Lipinski definition) is 2. The Morgan fingerprint density at radius 3 is 2.47 bits per heavy atom. The number of carboxylic acids is 1. The summed E-state index contributed by atoms with van der Waals surface area (Å²) in [6, 6.07) is 7.08. The summed E-state index contributed by atoms with van der Waals surface area (Å²) in [6.45, 7) is 1.97. The molecule has 0 aliphatic heterocycles. The van der Waals surface area contributed by atoms with Gasteiger partial charge in [-0.05, 0) is 43.4 Å². The van der Waals surface area contributed by atoms with Crippen LogP contribution in [0.1, 0.15) is 31.4 Å². The van der Waals surface area contributed by atoms with E-state index in [9.17, 15) is 4.79 Å². The van der Waals surface area contributed by atoms with E-state index in [0.29, 0.717) is 10.9 Å². The second kappa shape index (κ2) is 5.07. The maximum absolute atomic E-state index is 11.1. The topological polar surface area (TPSA) is 49.3 Å². The summed E-state index contributed by atoms with van der Waals surface area (Å²) in [6.07, 6.45) is 2.02. The van der Waals surface area contributed by atoms with Crippen LogP contribution in [0.2, 0.25) is 5.02 Å². The van der Waals surface area contributed by atoms with E-state index in [2.05, 4.69) is 5.32 Å². The van der Waals surface area contributed by atoms with Crippen LogP contribution in [0.3, 0.4) is 0 Å². The molecule has 0 bridgehead atoms. The molecule has 3 nitrogen and oxygen atoms in total. The standard InChI is InChI=1S/C13H16ClNO2/c1-8(9-4-6-11(14)7-5-9)15-12(13(16)17)10-2-3-10/h4-8,10,12,15H,2-3H2,1H3,(H,16,17)/t8-,12?/m1/s1. The van der Waals surface area contributed by atoms with Crippen molar-refractivity contribution in [2.45, 2.75) is 31.8 Å². The fourth-order valence-electron chi connectivity index (χ4n) is 1.96. The van der Waals surface area contributed by atoms with E-state index in [1.165, 1.54) is 0 Å². The molecule has 1 fully saturated rings. The Kier molecular flexibility index (Phi) is 3.69. The molecule has 2 N–H and O–H groups in total. The quantitative estimate of drug-likeness (QED) is 0.848. The van der Waals surface area contributed by atoms with Crippen molar-refractivity contribution in [3.05, 3.63) is 34.9 Å². The number of carbonyl (C=O) groups is 1. The van der Waals surface area contributed by atoms with Gasteiger partial charge < -0.3 is 5.11 Å². The van der Waals surface area contributed by atoms with Crippen LogP contribution in [0, 0.1) is 5.92 Å². The molecule has 92 valence electrons. The first-order chi connectivity index (χ1) is 8.08. The SMILES string of the molecule is C[C@@H](NC(C(=O)O)C1CC1)c1ccc(Cl)cc1. The van der Waals surface area contributed by atoms with Gasteiger partial charge in [0.05, 0.1) is 0 Å². The van der Waals surface area contributed by atoms with Crippen LogP contribution in [0.15, 0.2) is 24.3 Å². The summed E-state index contributed by atoms with van der Waals surface area (Å²) in [5.74, 6) is -0.462. The van der Waals surface area contributed by atoms with E-state index in [0.717, 1.165) is 18.4 Å². The lowest BCUT2D eigenvalue weighted by atomic mass is 10.1. The predicted molar refractivity (Wildman–Crippen MR) is 67.2 cm³/mol. The maximum atomic E-state index is 11.1. The highest BCUT2D eigenvalue weighted by Gasteiger charge is 2.36. The molecule has 0 spiro atoms.